The molecule has 4 rings (SSSR count). The van der Waals surface area contributed by atoms with E-state index in [9.17, 15) is 18.0 Å². The van der Waals surface area contributed by atoms with Crippen LogP contribution in [0.3, 0.4) is 0 Å². The highest BCUT2D eigenvalue weighted by molar-refractivity contribution is 7.92. The quantitative estimate of drug-likeness (QED) is 0.298. The van der Waals surface area contributed by atoms with Gasteiger partial charge in [0.15, 0.2) is 11.5 Å². The van der Waals surface area contributed by atoms with Crippen LogP contribution in [0.25, 0.3) is 0 Å². The lowest BCUT2D eigenvalue weighted by molar-refractivity contribution is -0.140. The summed E-state index contributed by atoms with van der Waals surface area (Å²) in [5.41, 5.74) is 1.70. The van der Waals surface area contributed by atoms with Crippen LogP contribution in [0, 0.1) is 5.92 Å². The summed E-state index contributed by atoms with van der Waals surface area (Å²) < 4.78 is 38.3. The molecule has 3 aromatic rings. The second kappa shape index (κ2) is 14.3. The molecule has 3 aromatic carbocycles. The SMILES string of the molecule is CC(C)CNC(=O)[C@H](Cc1ccccc1)N(Cc1ccc(Cl)c(Cl)c1)C(=O)CN(c1ccc2c(c1)OCCO2)S(C)(=O)=O. The van der Waals surface area contributed by atoms with Crippen molar-refractivity contribution >= 4 is 50.7 Å². The van der Waals surface area contributed by atoms with E-state index in [1.54, 1.807) is 30.3 Å². The minimum absolute atomic E-state index is 0.0128. The molecule has 1 atom stereocenters. The molecule has 0 aromatic heterocycles. The van der Waals surface area contributed by atoms with Gasteiger partial charge in [0.2, 0.25) is 21.8 Å². The number of nitrogens with one attached hydrogen (secondary N) is 1. The molecule has 1 aliphatic rings. The average molecular weight is 649 g/mol. The maximum Gasteiger partial charge on any atom is 0.244 e. The van der Waals surface area contributed by atoms with E-state index in [1.807, 2.05) is 44.2 Å². The average Bonchev–Trinajstić information content (AvgIpc) is 2.97. The van der Waals surface area contributed by atoms with Crippen LogP contribution in [0.1, 0.15) is 25.0 Å². The lowest BCUT2D eigenvalue weighted by atomic mass is 10.0. The topological polar surface area (TPSA) is 105 Å². The third-order valence-corrected chi connectivity index (χ3v) is 8.67. The Labute approximate surface area is 262 Å². The molecule has 1 N–H and O–H groups in total. The van der Waals surface area contributed by atoms with Crippen molar-refractivity contribution in [3.63, 3.8) is 0 Å². The predicted molar refractivity (Wildman–Crippen MR) is 168 cm³/mol. The van der Waals surface area contributed by atoms with Crippen molar-refractivity contribution < 1.29 is 27.5 Å². The third-order valence-electron chi connectivity index (χ3n) is 6.79. The number of sulfonamides is 1. The summed E-state index contributed by atoms with van der Waals surface area (Å²) >= 11 is 12.4. The van der Waals surface area contributed by atoms with Gasteiger partial charge in [-0.3, -0.25) is 13.9 Å². The highest BCUT2D eigenvalue weighted by Crippen LogP contribution is 2.35. The Morgan fingerprint density at radius 3 is 2.26 bits per heavy atom. The van der Waals surface area contributed by atoms with Crippen LogP contribution in [0.15, 0.2) is 66.7 Å². The number of halogens is 2. The minimum Gasteiger partial charge on any atom is -0.486 e. The van der Waals surface area contributed by atoms with E-state index in [0.29, 0.717) is 46.9 Å². The van der Waals surface area contributed by atoms with Gasteiger partial charge in [0, 0.05) is 25.6 Å². The van der Waals surface area contributed by atoms with Gasteiger partial charge >= 0.3 is 0 Å². The maximum absolute atomic E-state index is 14.2. The number of fused-ring (bicyclic) bond motifs is 1. The molecular weight excluding hydrogens is 613 g/mol. The van der Waals surface area contributed by atoms with Crippen molar-refractivity contribution in [3.8, 4) is 11.5 Å². The van der Waals surface area contributed by atoms with E-state index in [1.165, 1.54) is 11.0 Å². The van der Waals surface area contributed by atoms with Gasteiger partial charge in [-0.15, -0.1) is 0 Å². The van der Waals surface area contributed by atoms with Gasteiger partial charge in [-0.25, -0.2) is 8.42 Å². The van der Waals surface area contributed by atoms with Crippen LogP contribution in [0.5, 0.6) is 11.5 Å². The van der Waals surface area contributed by atoms with E-state index in [2.05, 4.69) is 5.32 Å². The number of hydrogen-bond donors (Lipinski definition) is 1. The number of benzene rings is 3. The summed E-state index contributed by atoms with van der Waals surface area (Å²) in [5, 5.41) is 3.59. The van der Waals surface area contributed by atoms with Gasteiger partial charge in [-0.2, -0.15) is 0 Å². The zero-order chi connectivity index (χ0) is 31.1. The molecule has 9 nitrogen and oxygen atoms in total. The lowest BCUT2D eigenvalue weighted by Gasteiger charge is -2.34. The Morgan fingerprint density at radius 1 is 0.907 bits per heavy atom. The summed E-state index contributed by atoms with van der Waals surface area (Å²) in [6, 6.07) is 18.0. The Hall–Kier alpha value is -3.47. The first kappa shape index (κ1) is 32.4. The minimum atomic E-state index is -3.93. The summed E-state index contributed by atoms with van der Waals surface area (Å²) in [5.74, 6) is 0.119. The van der Waals surface area contributed by atoms with E-state index in [0.717, 1.165) is 16.1 Å². The van der Waals surface area contributed by atoms with Crippen molar-refractivity contribution in [1.29, 1.82) is 0 Å². The molecule has 0 saturated carbocycles. The number of carbonyl (C=O) groups excluding carboxylic acids is 2. The smallest absolute Gasteiger partial charge is 0.244 e. The van der Waals surface area contributed by atoms with E-state index < -0.39 is 28.5 Å². The van der Waals surface area contributed by atoms with Gasteiger partial charge in [0.05, 0.1) is 22.0 Å². The molecule has 0 fully saturated rings. The molecule has 0 saturated heterocycles. The van der Waals surface area contributed by atoms with Gasteiger partial charge in [-0.05, 0) is 41.3 Å². The Morgan fingerprint density at radius 2 is 1.60 bits per heavy atom. The first-order valence-corrected chi connectivity index (χ1v) is 16.4. The van der Waals surface area contributed by atoms with Gasteiger partial charge < -0.3 is 19.7 Å². The molecule has 230 valence electrons. The van der Waals surface area contributed by atoms with Crippen LogP contribution < -0.4 is 19.1 Å². The van der Waals surface area contributed by atoms with Crippen LogP contribution >= 0.6 is 23.2 Å². The summed E-state index contributed by atoms with van der Waals surface area (Å²) in [6.45, 7) is 4.49. The van der Waals surface area contributed by atoms with Crippen molar-refractivity contribution in [1.82, 2.24) is 10.2 Å². The molecule has 0 radical (unpaired) electrons. The number of carbonyl (C=O) groups is 2. The standard InChI is InChI=1S/C31H35Cl2N3O6S/c1-21(2)18-34-31(38)27(16-22-7-5-4-6-8-22)35(19-23-9-11-25(32)26(33)15-23)30(37)20-36(43(3,39)40)24-10-12-28-29(17-24)42-14-13-41-28/h4-12,15,17,21,27H,13-14,16,18-20H2,1-3H3,(H,34,38)/t27-/m0/s1. The summed E-state index contributed by atoms with van der Waals surface area (Å²) in [4.78, 5) is 29.3. The molecule has 0 spiro atoms. The van der Waals surface area contributed by atoms with Crippen LogP contribution in [0.2, 0.25) is 10.0 Å². The third kappa shape index (κ3) is 8.78. The molecule has 1 aliphatic heterocycles. The summed E-state index contributed by atoms with van der Waals surface area (Å²) in [7, 11) is -3.93. The molecule has 0 aliphatic carbocycles. The Bertz CT molecular complexity index is 1550. The first-order chi connectivity index (χ1) is 20.4. The van der Waals surface area contributed by atoms with Gasteiger partial charge in [0.25, 0.3) is 0 Å². The van der Waals surface area contributed by atoms with Crippen molar-refractivity contribution in [2.24, 2.45) is 5.92 Å². The number of nitrogens with zero attached hydrogens (tertiary/aromatic N) is 2. The normalized spacial score (nSPS) is 13.3. The summed E-state index contributed by atoms with van der Waals surface area (Å²) in [6.07, 6.45) is 1.23. The maximum atomic E-state index is 14.2. The molecule has 0 bridgehead atoms. The Balaban J connectivity index is 1.74. The van der Waals surface area contributed by atoms with Crippen LogP contribution in [-0.2, 0) is 32.6 Å². The van der Waals surface area contributed by atoms with E-state index in [4.69, 9.17) is 32.7 Å². The van der Waals surface area contributed by atoms with Crippen molar-refractivity contribution in [3.05, 3.63) is 87.9 Å². The monoisotopic (exact) mass is 647 g/mol. The van der Waals surface area contributed by atoms with E-state index >= 15 is 0 Å². The number of anilines is 1. The molecular formula is C31H35Cl2N3O6S. The number of rotatable bonds is 12. The van der Waals surface area contributed by atoms with E-state index in [-0.39, 0.29) is 30.5 Å². The number of amides is 2. The second-order valence-electron chi connectivity index (χ2n) is 10.7. The predicted octanol–water partition coefficient (Wildman–Crippen LogP) is 4.94. The fraction of sp³-hybridized carbons (Fsp3) is 0.355. The Kier molecular flexibility index (Phi) is 10.8. The van der Waals surface area contributed by atoms with Crippen molar-refractivity contribution in [2.45, 2.75) is 32.9 Å². The second-order valence-corrected chi connectivity index (χ2v) is 13.4. The van der Waals surface area contributed by atoms with Crippen LogP contribution in [-0.4, -0.2) is 63.7 Å². The fourth-order valence-corrected chi connectivity index (χ4v) is 5.77. The highest BCUT2D eigenvalue weighted by Gasteiger charge is 2.33. The van der Waals surface area contributed by atoms with Gasteiger partial charge in [0.1, 0.15) is 25.8 Å². The lowest BCUT2D eigenvalue weighted by Crippen LogP contribution is -2.53. The number of hydrogen-bond acceptors (Lipinski definition) is 6. The largest absolute Gasteiger partial charge is 0.486 e. The molecule has 1 heterocycles. The molecule has 43 heavy (non-hydrogen) atoms. The molecule has 0 unspecified atom stereocenters. The number of ether oxygens (including phenoxy) is 2. The van der Waals surface area contributed by atoms with Crippen LogP contribution in [0.4, 0.5) is 5.69 Å². The first-order valence-electron chi connectivity index (χ1n) is 13.8. The molecule has 2 amide bonds. The van der Waals surface area contributed by atoms with Gasteiger partial charge in [-0.1, -0.05) is 73.4 Å². The fourth-order valence-electron chi connectivity index (χ4n) is 4.61. The zero-order valence-electron chi connectivity index (χ0n) is 24.3. The highest BCUT2D eigenvalue weighted by atomic mass is 35.5. The zero-order valence-corrected chi connectivity index (χ0v) is 26.6. The van der Waals surface area contributed by atoms with Crippen molar-refractivity contribution in [2.75, 3.05) is 36.9 Å². The molecule has 12 heteroatoms.